The molecule has 0 saturated carbocycles. The Hall–Kier alpha value is -3.51. The second-order valence-corrected chi connectivity index (χ2v) is 7.58. The largest absolute Gasteiger partial charge is 0.456 e. The van der Waals surface area contributed by atoms with Crippen molar-refractivity contribution >= 4 is 39.8 Å². The first-order valence-electron chi connectivity index (χ1n) is 10.1. The lowest BCUT2D eigenvalue weighted by atomic mass is 9.93. The van der Waals surface area contributed by atoms with Gasteiger partial charge in [0.15, 0.2) is 0 Å². The van der Waals surface area contributed by atoms with E-state index in [0.29, 0.717) is 29.9 Å². The zero-order valence-electron chi connectivity index (χ0n) is 17.2. The van der Waals surface area contributed by atoms with Crippen molar-refractivity contribution in [1.29, 1.82) is 0 Å². The molecule has 156 valence electrons. The lowest BCUT2D eigenvalue weighted by Crippen LogP contribution is -2.80. The van der Waals surface area contributed by atoms with Crippen LogP contribution >= 0.6 is 12.2 Å². The first kappa shape index (κ1) is 20.8. The fourth-order valence-corrected chi connectivity index (χ4v) is 3.69. The minimum atomic E-state index is 0.145. The Bertz CT molecular complexity index is 1300. The Morgan fingerprint density at radius 2 is 1.90 bits per heavy atom. The maximum atomic E-state index is 11.4. The first-order valence-corrected chi connectivity index (χ1v) is 10.6. The van der Waals surface area contributed by atoms with Crippen LogP contribution in [0.5, 0.6) is 0 Å². The number of rotatable bonds is 5. The maximum Gasteiger partial charge on any atom is 0.439 e. The van der Waals surface area contributed by atoms with E-state index < -0.39 is 0 Å². The molecule has 0 aromatic heterocycles. The molecule has 0 amide bonds. The van der Waals surface area contributed by atoms with Crippen LogP contribution in [0.3, 0.4) is 0 Å². The van der Waals surface area contributed by atoms with Gasteiger partial charge < -0.3 is 14.9 Å². The molecule has 1 aliphatic carbocycles. The van der Waals surface area contributed by atoms with Crippen LogP contribution in [0.1, 0.15) is 19.8 Å². The second kappa shape index (κ2) is 9.10. The number of carbonyl (C=O) groups is 1. The van der Waals surface area contributed by atoms with Gasteiger partial charge in [-0.3, -0.25) is 4.79 Å². The summed E-state index contributed by atoms with van der Waals surface area (Å²) in [6.07, 6.45) is 0.844. The van der Waals surface area contributed by atoms with Crippen molar-refractivity contribution in [1.82, 2.24) is 0 Å². The van der Waals surface area contributed by atoms with E-state index in [2.05, 4.69) is 17.1 Å². The third-order valence-corrected chi connectivity index (χ3v) is 5.28. The van der Waals surface area contributed by atoms with Gasteiger partial charge in [0.1, 0.15) is 23.7 Å². The third kappa shape index (κ3) is 4.64. The highest BCUT2D eigenvalue weighted by Gasteiger charge is 2.18. The van der Waals surface area contributed by atoms with Crippen molar-refractivity contribution in [3.8, 4) is 22.5 Å². The molecule has 4 rings (SSSR count). The van der Waals surface area contributed by atoms with Crippen molar-refractivity contribution in [3.05, 3.63) is 72.1 Å². The normalized spacial score (nSPS) is 11.7. The molecule has 0 fully saturated rings. The van der Waals surface area contributed by atoms with Gasteiger partial charge in [-0.2, -0.15) is 4.99 Å². The van der Waals surface area contributed by atoms with Crippen molar-refractivity contribution < 1.29 is 18.9 Å². The molecule has 0 spiro atoms. The van der Waals surface area contributed by atoms with Crippen LogP contribution in [0.2, 0.25) is 0 Å². The van der Waals surface area contributed by atoms with Gasteiger partial charge in [0.25, 0.3) is 0 Å². The maximum absolute atomic E-state index is 11.4. The predicted molar refractivity (Wildman–Crippen MR) is 125 cm³/mol. The molecule has 2 aromatic carbocycles. The zero-order valence-corrected chi connectivity index (χ0v) is 18.0. The summed E-state index contributed by atoms with van der Waals surface area (Å²) < 4.78 is 11.7. The number of nitrogens with two attached hydrogens (primary N) is 1. The molecular formula is C25H23N2O3S+. The zero-order chi connectivity index (χ0) is 21.8. The first-order chi connectivity index (χ1) is 15.0. The fourth-order valence-electron chi connectivity index (χ4n) is 3.49. The van der Waals surface area contributed by atoms with Gasteiger partial charge in [0.2, 0.25) is 5.36 Å². The van der Waals surface area contributed by atoms with Gasteiger partial charge in [-0.15, -0.1) is 0 Å². The third-order valence-electron chi connectivity index (χ3n) is 5.06. The SMILES string of the molecule is CCC(=O)CCOC(=S)/[NH+]=c1/ccc2c(-c3ccccc3)c3ccc(N)cc3oc-2c1. The quantitative estimate of drug-likeness (QED) is 0.288. The molecule has 2 aromatic rings. The van der Waals surface area contributed by atoms with E-state index in [-0.39, 0.29) is 17.6 Å². The lowest BCUT2D eigenvalue weighted by molar-refractivity contribution is -0.384. The van der Waals surface area contributed by atoms with Crippen LogP contribution in [0, 0.1) is 0 Å². The predicted octanol–water partition coefficient (Wildman–Crippen LogP) is 3.44. The smallest absolute Gasteiger partial charge is 0.439 e. The van der Waals surface area contributed by atoms with E-state index in [1.54, 1.807) is 0 Å². The molecule has 0 unspecified atom stereocenters. The molecule has 1 aliphatic heterocycles. The number of nitrogen functional groups attached to an aromatic ring is 1. The molecule has 5 nitrogen and oxygen atoms in total. The number of hydrogen-bond acceptors (Lipinski definition) is 5. The van der Waals surface area contributed by atoms with Gasteiger partial charge in [-0.25, -0.2) is 0 Å². The van der Waals surface area contributed by atoms with Gasteiger partial charge in [-0.05, 0) is 23.8 Å². The number of carbonyl (C=O) groups excluding carboxylic acids is 1. The highest BCUT2D eigenvalue weighted by Crippen LogP contribution is 2.39. The number of nitrogens with one attached hydrogen (secondary N) is 1. The van der Waals surface area contributed by atoms with E-state index in [1.807, 2.05) is 61.5 Å². The van der Waals surface area contributed by atoms with Crippen LogP contribution in [-0.2, 0) is 9.53 Å². The minimum Gasteiger partial charge on any atom is -0.456 e. The van der Waals surface area contributed by atoms with Crippen LogP contribution in [0.15, 0.2) is 71.1 Å². The average molecular weight is 432 g/mol. The van der Waals surface area contributed by atoms with Crippen LogP contribution in [0.25, 0.3) is 33.4 Å². The standard InChI is InChI=1S/C25H22N2O3S/c1-2-19(28)12-13-29-25(31)27-18-9-11-21-23(15-18)30-22-14-17(26)8-10-20(22)24(21)16-6-4-3-5-7-16/h3-11,14-15H,2,12-13,26H2,1H3/p+1/b27-18-. The van der Waals surface area contributed by atoms with E-state index in [9.17, 15) is 4.79 Å². The van der Waals surface area contributed by atoms with Gasteiger partial charge >= 0.3 is 5.17 Å². The molecule has 31 heavy (non-hydrogen) atoms. The Kier molecular flexibility index (Phi) is 6.09. The topological polar surface area (TPSA) is 79.4 Å². The van der Waals surface area contributed by atoms with Crippen LogP contribution < -0.4 is 16.1 Å². The van der Waals surface area contributed by atoms with Crippen molar-refractivity contribution in [2.45, 2.75) is 19.8 Å². The molecule has 3 N–H and O–H groups in total. The van der Waals surface area contributed by atoms with Gasteiger partial charge in [0.05, 0.1) is 6.07 Å². The molecule has 1 heterocycles. The molecule has 0 bridgehead atoms. The minimum absolute atomic E-state index is 0.145. The van der Waals surface area contributed by atoms with E-state index in [1.165, 1.54) is 0 Å². The number of ketones is 1. The summed E-state index contributed by atoms with van der Waals surface area (Å²) in [5, 5.41) is 1.95. The Labute approximate surface area is 185 Å². The highest BCUT2D eigenvalue weighted by atomic mass is 32.1. The lowest BCUT2D eigenvalue weighted by Gasteiger charge is -2.15. The van der Waals surface area contributed by atoms with Crippen molar-refractivity contribution in [2.75, 3.05) is 12.3 Å². The molecule has 6 heteroatoms. The van der Waals surface area contributed by atoms with E-state index in [4.69, 9.17) is 27.1 Å². The summed E-state index contributed by atoms with van der Waals surface area (Å²) in [6, 6.07) is 21.7. The number of anilines is 1. The molecule has 0 radical (unpaired) electrons. The van der Waals surface area contributed by atoms with Gasteiger partial charge in [0, 0.05) is 59.4 Å². The number of hydrogen-bond donors (Lipinski definition) is 2. The Morgan fingerprint density at radius 3 is 2.68 bits per heavy atom. The van der Waals surface area contributed by atoms with E-state index in [0.717, 1.165) is 27.4 Å². The summed E-state index contributed by atoms with van der Waals surface area (Å²) in [4.78, 5) is 14.5. The number of fused-ring (bicyclic) bond motifs is 2. The molecule has 0 atom stereocenters. The van der Waals surface area contributed by atoms with Crippen LogP contribution in [0.4, 0.5) is 5.69 Å². The van der Waals surface area contributed by atoms with Crippen molar-refractivity contribution in [2.24, 2.45) is 0 Å². The summed E-state index contributed by atoms with van der Waals surface area (Å²) in [7, 11) is 0. The van der Waals surface area contributed by atoms with E-state index >= 15 is 0 Å². The number of ether oxygens (including phenoxy) is 1. The molecular weight excluding hydrogens is 408 g/mol. The number of Topliss-reactive ketones (excluding diaryl/α,β-unsaturated/α-hetero) is 1. The van der Waals surface area contributed by atoms with Crippen molar-refractivity contribution in [3.63, 3.8) is 0 Å². The highest BCUT2D eigenvalue weighted by molar-refractivity contribution is 7.79. The fraction of sp³-hybridized carbons (Fsp3) is 0.160. The Morgan fingerprint density at radius 1 is 1.10 bits per heavy atom. The second-order valence-electron chi connectivity index (χ2n) is 7.21. The summed E-state index contributed by atoms with van der Waals surface area (Å²) in [5.41, 5.74) is 10.5. The monoisotopic (exact) mass is 431 g/mol. The summed E-state index contributed by atoms with van der Waals surface area (Å²) >= 11 is 5.25. The summed E-state index contributed by atoms with van der Waals surface area (Å²) in [5.74, 6) is 0.845. The van der Waals surface area contributed by atoms with Gasteiger partial charge in [-0.1, -0.05) is 37.3 Å². The summed E-state index contributed by atoms with van der Waals surface area (Å²) in [6.45, 7) is 2.09. The average Bonchev–Trinajstić information content (AvgIpc) is 2.77. The number of thiocarbonyl (C=S) groups is 1. The number of benzene rings is 3. The Balaban J connectivity index is 1.78. The molecule has 2 aliphatic rings. The van der Waals surface area contributed by atoms with Crippen LogP contribution in [-0.4, -0.2) is 17.6 Å². The molecule has 0 saturated heterocycles.